The Bertz CT molecular complexity index is 517. The number of halogens is 3. The van der Waals surface area contributed by atoms with Gasteiger partial charge in [0.05, 0.1) is 0 Å². The third-order valence-electron chi connectivity index (χ3n) is 3.54. The summed E-state index contributed by atoms with van der Waals surface area (Å²) < 4.78 is 41.5. The Labute approximate surface area is 120 Å². The first-order valence-corrected chi connectivity index (χ1v) is 6.71. The Morgan fingerprint density at radius 3 is 2.62 bits per heavy atom. The lowest BCUT2D eigenvalue weighted by atomic mass is 9.94. The van der Waals surface area contributed by atoms with Crippen molar-refractivity contribution in [1.82, 2.24) is 0 Å². The van der Waals surface area contributed by atoms with E-state index in [1.165, 1.54) is 6.07 Å². The second kappa shape index (κ2) is 6.34. The Kier molecular flexibility index (Phi) is 4.72. The van der Waals surface area contributed by atoms with Gasteiger partial charge in [0, 0.05) is 23.7 Å². The minimum Gasteiger partial charge on any atom is -0.432 e. The van der Waals surface area contributed by atoms with Crippen molar-refractivity contribution < 1.29 is 22.7 Å². The Morgan fingerprint density at radius 1 is 1.38 bits per heavy atom. The van der Waals surface area contributed by atoms with Crippen LogP contribution in [0.1, 0.15) is 32.1 Å². The van der Waals surface area contributed by atoms with Gasteiger partial charge in [0.2, 0.25) is 5.91 Å². The molecule has 0 aliphatic heterocycles. The lowest BCUT2D eigenvalue weighted by molar-refractivity contribution is -0.117. The normalized spacial score (nSPS) is 17.0. The molecule has 3 N–H and O–H groups in total. The molecule has 1 saturated carbocycles. The molecule has 1 aromatic carbocycles. The van der Waals surface area contributed by atoms with Crippen molar-refractivity contribution in [3.63, 3.8) is 0 Å². The first kappa shape index (κ1) is 15.6. The van der Waals surface area contributed by atoms with E-state index >= 15 is 0 Å². The highest BCUT2D eigenvalue weighted by molar-refractivity contribution is 5.91. The predicted octanol–water partition coefficient (Wildman–Crippen LogP) is 3.03. The standard InChI is InChI=1S/C14H17F3N2O2/c15-10-7-9(3-4-11(10)21-13(16)17)19-12(20)8-14(18)5-1-2-6-14/h3-4,7,13H,1-2,5-6,8,18H2,(H,19,20). The van der Waals surface area contributed by atoms with Gasteiger partial charge in [-0.2, -0.15) is 8.78 Å². The number of rotatable bonds is 5. The topological polar surface area (TPSA) is 64.4 Å². The van der Waals surface area contributed by atoms with Gasteiger partial charge in [-0.25, -0.2) is 4.39 Å². The largest absolute Gasteiger partial charge is 0.432 e. The van der Waals surface area contributed by atoms with Crippen LogP contribution in [0.2, 0.25) is 0 Å². The number of nitrogens with one attached hydrogen (secondary N) is 1. The van der Waals surface area contributed by atoms with E-state index in [-0.39, 0.29) is 18.0 Å². The van der Waals surface area contributed by atoms with E-state index in [2.05, 4.69) is 10.1 Å². The summed E-state index contributed by atoms with van der Waals surface area (Å²) in [6.45, 7) is -3.10. The smallest absolute Gasteiger partial charge is 0.387 e. The summed E-state index contributed by atoms with van der Waals surface area (Å²) in [5.41, 5.74) is 5.77. The summed E-state index contributed by atoms with van der Waals surface area (Å²) in [6, 6.07) is 3.29. The molecule has 0 atom stereocenters. The number of benzene rings is 1. The SMILES string of the molecule is NC1(CC(=O)Nc2ccc(OC(F)F)c(F)c2)CCCC1. The molecule has 1 aliphatic rings. The second-order valence-electron chi connectivity index (χ2n) is 5.32. The van der Waals surface area contributed by atoms with E-state index in [0.717, 1.165) is 37.8 Å². The van der Waals surface area contributed by atoms with Crippen LogP contribution in [-0.2, 0) is 4.79 Å². The zero-order valence-corrected chi connectivity index (χ0v) is 11.4. The molecule has 21 heavy (non-hydrogen) atoms. The molecular formula is C14H17F3N2O2. The van der Waals surface area contributed by atoms with Crippen LogP contribution < -0.4 is 15.8 Å². The van der Waals surface area contributed by atoms with Gasteiger partial charge in [0.15, 0.2) is 11.6 Å². The Balaban J connectivity index is 1.96. The zero-order valence-electron chi connectivity index (χ0n) is 11.4. The van der Waals surface area contributed by atoms with Crippen LogP contribution in [0.3, 0.4) is 0 Å². The number of ether oxygens (including phenoxy) is 1. The molecule has 0 aromatic heterocycles. The number of nitrogens with two attached hydrogens (primary N) is 1. The molecule has 1 aromatic rings. The van der Waals surface area contributed by atoms with Crippen molar-refractivity contribution in [3.8, 4) is 5.75 Å². The number of hydrogen-bond donors (Lipinski definition) is 2. The molecule has 0 radical (unpaired) electrons. The molecule has 0 bridgehead atoms. The van der Waals surface area contributed by atoms with Gasteiger partial charge < -0.3 is 15.8 Å². The first-order chi connectivity index (χ1) is 9.88. The maximum atomic E-state index is 13.5. The van der Waals surface area contributed by atoms with Crippen LogP contribution in [0.15, 0.2) is 18.2 Å². The molecule has 4 nitrogen and oxygen atoms in total. The maximum Gasteiger partial charge on any atom is 0.387 e. The number of carbonyl (C=O) groups excluding carboxylic acids is 1. The average Bonchev–Trinajstić information content (AvgIpc) is 2.78. The fraction of sp³-hybridized carbons (Fsp3) is 0.500. The van der Waals surface area contributed by atoms with E-state index in [1.54, 1.807) is 0 Å². The van der Waals surface area contributed by atoms with Crippen molar-refractivity contribution in [2.24, 2.45) is 5.73 Å². The van der Waals surface area contributed by atoms with Crippen LogP contribution in [-0.4, -0.2) is 18.1 Å². The van der Waals surface area contributed by atoms with Crippen molar-refractivity contribution in [2.45, 2.75) is 44.3 Å². The van der Waals surface area contributed by atoms with Crippen molar-refractivity contribution in [1.29, 1.82) is 0 Å². The number of alkyl halides is 2. The number of carbonyl (C=O) groups is 1. The predicted molar refractivity (Wildman–Crippen MR) is 71.7 cm³/mol. The van der Waals surface area contributed by atoms with Crippen molar-refractivity contribution in [3.05, 3.63) is 24.0 Å². The van der Waals surface area contributed by atoms with Gasteiger partial charge in [-0.3, -0.25) is 4.79 Å². The van der Waals surface area contributed by atoms with E-state index in [4.69, 9.17) is 5.73 Å². The third-order valence-corrected chi connectivity index (χ3v) is 3.54. The molecule has 116 valence electrons. The monoisotopic (exact) mass is 302 g/mol. The summed E-state index contributed by atoms with van der Waals surface area (Å²) in [7, 11) is 0. The van der Waals surface area contributed by atoms with Crippen LogP contribution in [0.25, 0.3) is 0 Å². The fourth-order valence-corrected chi connectivity index (χ4v) is 2.55. The minimum atomic E-state index is -3.10. The molecule has 0 unspecified atom stereocenters. The minimum absolute atomic E-state index is 0.157. The molecule has 7 heteroatoms. The lowest BCUT2D eigenvalue weighted by Gasteiger charge is -2.22. The fourth-order valence-electron chi connectivity index (χ4n) is 2.55. The van der Waals surface area contributed by atoms with Crippen LogP contribution >= 0.6 is 0 Å². The first-order valence-electron chi connectivity index (χ1n) is 6.71. The number of hydrogen-bond acceptors (Lipinski definition) is 3. The van der Waals surface area contributed by atoms with Crippen LogP contribution in [0, 0.1) is 5.82 Å². The van der Waals surface area contributed by atoms with E-state index < -0.39 is 23.7 Å². The Morgan fingerprint density at radius 2 is 2.05 bits per heavy atom. The van der Waals surface area contributed by atoms with Gasteiger partial charge >= 0.3 is 6.61 Å². The van der Waals surface area contributed by atoms with Gasteiger partial charge in [-0.05, 0) is 25.0 Å². The lowest BCUT2D eigenvalue weighted by Crippen LogP contribution is -2.40. The Hall–Kier alpha value is -1.76. The quantitative estimate of drug-likeness (QED) is 0.878. The van der Waals surface area contributed by atoms with Crippen molar-refractivity contribution in [2.75, 3.05) is 5.32 Å². The van der Waals surface area contributed by atoms with Gasteiger partial charge in [-0.15, -0.1) is 0 Å². The van der Waals surface area contributed by atoms with Crippen LogP contribution in [0.5, 0.6) is 5.75 Å². The van der Waals surface area contributed by atoms with E-state index in [1.807, 2.05) is 0 Å². The van der Waals surface area contributed by atoms with Crippen molar-refractivity contribution >= 4 is 11.6 Å². The molecule has 2 rings (SSSR count). The highest BCUT2D eigenvalue weighted by Gasteiger charge is 2.31. The molecule has 1 amide bonds. The number of anilines is 1. The summed E-state index contributed by atoms with van der Waals surface area (Å²) in [5.74, 6) is -1.84. The molecular weight excluding hydrogens is 285 g/mol. The zero-order chi connectivity index (χ0) is 15.5. The molecule has 1 fully saturated rings. The van der Waals surface area contributed by atoms with Gasteiger partial charge in [0.1, 0.15) is 0 Å². The van der Waals surface area contributed by atoms with E-state index in [9.17, 15) is 18.0 Å². The summed E-state index contributed by atoms with van der Waals surface area (Å²) >= 11 is 0. The average molecular weight is 302 g/mol. The summed E-state index contributed by atoms with van der Waals surface area (Å²) in [5, 5.41) is 2.51. The number of amides is 1. The molecule has 0 saturated heterocycles. The van der Waals surface area contributed by atoms with Crippen LogP contribution in [0.4, 0.5) is 18.9 Å². The highest BCUT2D eigenvalue weighted by atomic mass is 19.3. The van der Waals surface area contributed by atoms with Gasteiger partial charge in [0.25, 0.3) is 0 Å². The molecule has 1 aliphatic carbocycles. The summed E-state index contributed by atoms with van der Waals surface area (Å²) in [6.07, 6.45) is 3.73. The second-order valence-corrected chi connectivity index (χ2v) is 5.32. The maximum absolute atomic E-state index is 13.5. The van der Waals surface area contributed by atoms with Gasteiger partial charge in [-0.1, -0.05) is 12.8 Å². The molecule has 0 heterocycles. The van der Waals surface area contributed by atoms with E-state index in [0.29, 0.717) is 0 Å². The highest BCUT2D eigenvalue weighted by Crippen LogP contribution is 2.30. The summed E-state index contributed by atoms with van der Waals surface area (Å²) in [4.78, 5) is 11.9. The third kappa shape index (κ3) is 4.35. The molecule has 0 spiro atoms.